The van der Waals surface area contributed by atoms with Crippen LogP contribution in [-0.4, -0.2) is 21.7 Å². The molecular formula is C16H11ClN2O5. The fourth-order valence-corrected chi connectivity index (χ4v) is 2.79. The van der Waals surface area contributed by atoms with Crippen LogP contribution in [0.2, 0.25) is 5.02 Å². The van der Waals surface area contributed by atoms with E-state index < -0.39 is 28.6 Å². The number of hydrogen-bond acceptors (Lipinski definition) is 5. The Hall–Kier alpha value is -2.77. The number of amides is 1. The van der Waals surface area contributed by atoms with E-state index >= 15 is 0 Å². The minimum atomic E-state index is -2.07. The van der Waals surface area contributed by atoms with Crippen LogP contribution in [-0.2, 0) is 10.4 Å². The normalized spacial score (nSPS) is 18.8. The van der Waals surface area contributed by atoms with Crippen LogP contribution in [0, 0.1) is 10.1 Å². The predicted molar refractivity (Wildman–Crippen MR) is 86.0 cm³/mol. The number of hydrogen-bond donors (Lipinski definition) is 2. The molecule has 0 unspecified atom stereocenters. The summed E-state index contributed by atoms with van der Waals surface area (Å²) in [5, 5.41) is 24.3. The fraction of sp³-hybridized carbons (Fsp3) is 0.125. The maximum absolute atomic E-state index is 12.4. The highest BCUT2D eigenvalue weighted by Gasteiger charge is 2.47. The summed E-state index contributed by atoms with van der Waals surface area (Å²) in [6.07, 6.45) is -0.548. The van der Waals surface area contributed by atoms with Gasteiger partial charge < -0.3 is 10.4 Å². The van der Waals surface area contributed by atoms with E-state index in [-0.39, 0.29) is 16.8 Å². The molecule has 0 bridgehead atoms. The lowest BCUT2D eigenvalue weighted by Gasteiger charge is -2.20. The quantitative estimate of drug-likeness (QED) is 0.502. The number of non-ortho nitro benzene ring substituents is 1. The number of fused-ring (bicyclic) bond motifs is 1. The number of benzene rings is 2. The Labute approximate surface area is 141 Å². The van der Waals surface area contributed by atoms with Gasteiger partial charge in [0.1, 0.15) is 0 Å². The molecule has 3 rings (SSSR count). The number of nitro benzene ring substituents is 1. The molecular weight excluding hydrogens is 336 g/mol. The van der Waals surface area contributed by atoms with Crippen molar-refractivity contribution in [3.05, 3.63) is 68.7 Å². The summed E-state index contributed by atoms with van der Waals surface area (Å²) in [5.74, 6) is -1.33. The summed E-state index contributed by atoms with van der Waals surface area (Å²) in [5.41, 5.74) is -1.69. The SMILES string of the molecule is O=C(C[C@]1(O)C(=O)Nc2ccc(Cl)cc21)c1cccc([N+](=O)[O-])c1. The fourth-order valence-electron chi connectivity index (χ4n) is 2.62. The van der Waals surface area contributed by atoms with E-state index in [0.29, 0.717) is 10.7 Å². The number of ketones is 1. The zero-order valence-corrected chi connectivity index (χ0v) is 12.9. The monoisotopic (exact) mass is 346 g/mol. The highest BCUT2D eigenvalue weighted by atomic mass is 35.5. The molecule has 0 saturated heterocycles. The van der Waals surface area contributed by atoms with Gasteiger partial charge in [0, 0.05) is 34.0 Å². The first kappa shape index (κ1) is 16.1. The molecule has 1 amide bonds. The van der Waals surface area contributed by atoms with Crippen LogP contribution in [0.5, 0.6) is 0 Å². The van der Waals surface area contributed by atoms with E-state index in [1.54, 1.807) is 6.07 Å². The van der Waals surface area contributed by atoms with Gasteiger partial charge in [-0.25, -0.2) is 0 Å². The van der Waals surface area contributed by atoms with E-state index in [0.717, 1.165) is 6.07 Å². The lowest BCUT2D eigenvalue weighted by Crippen LogP contribution is -2.36. The van der Waals surface area contributed by atoms with Crippen molar-refractivity contribution in [2.45, 2.75) is 12.0 Å². The molecule has 2 aromatic carbocycles. The van der Waals surface area contributed by atoms with Gasteiger partial charge in [-0.1, -0.05) is 23.7 Å². The summed E-state index contributed by atoms with van der Waals surface area (Å²) in [6, 6.07) is 9.62. The summed E-state index contributed by atoms with van der Waals surface area (Å²) >= 11 is 5.90. The average molecular weight is 347 g/mol. The molecule has 8 heteroatoms. The van der Waals surface area contributed by atoms with Gasteiger partial charge in [-0.3, -0.25) is 19.7 Å². The molecule has 0 aromatic heterocycles. The molecule has 0 fully saturated rings. The number of rotatable bonds is 4. The van der Waals surface area contributed by atoms with Crippen molar-refractivity contribution in [2.24, 2.45) is 0 Å². The van der Waals surface area contributed by atoms with Gasteiger partial charge in [-0.2, -0.15) is 0 Å². The largest absolute Gasteiger partial charge is 0.375 e. The van der Waals surface area contributed by atoms with Crippen LogP contribution in [0.25, 0.3) is 0 Å². The van der Waals surface area contributed by atoms with Crippen molar-refractivity contribution in [2.75, 3.05) is 5.32 Å². The number of Topliss-reactive ketones (excluding diaryl/α,β-unsaturated/α-hetero) is 1. The number of carbonyl (C=O) groups is 2. The Morgan fingerprint density at radius 2 is 2.04 bits per heavy atom. The van der Waals surface area contributed by atoms with Gasteiger partial charge in [0.2, 0.25) is 0 Å². The van der Waals surface area contributed by atoms with Crippen molar-refractivity contribution >= 4 is 34.7 Å². The number of nitrogens with one attached hydrogen (secondary N) is 1. The minimum Gasteiger partial charge on any atom is -0.375 e. The summed E-state index contributed by atoms with van der Waals surface area (Å²) in [6.45, 7) is 0. The first-order valence-electron chi connectivity index (χ1n) is 6.93. The average Bonchev–Trinajstić information content (AvgIpc) is 2.79. The number of anilines is 1. The van der Waals surface area contributed by atoms with Crippen molar-refractivity contribution < 1.29 is 19.6 Å². The van der Waals surface area contributed by atoms with Gasteiger partial charge in [0.15, 0.2) is 11.4 Å². The van der Waals surface area contributed by atoms with Gasteiger partial charge in [-0.05, 0) is 18.2 Å². The van der Waals surface area contributed by atoms with Gasteiger partial charge in [-0.15, -0.1) is 0 Å². The number of nitro groups is 1. The molecule has 7 nitrogen and oxygen atoms in total. The van der Waals surface area contributed by atoms with Crippen LogP contribution >= 0.6 is 11.6 Å². The van der Waals surface area contributed by atoms with Gasteiger partial charge >= 0.3 is 0 Å². The van der Waals surface area contributed by atoms with E-state index in [1.165, 1.54) is 30.3 Å². The highest BCUT2D eigenvalue weighted by molar-refractivity contribution is 6.31. The van der Waals surface area contributed by atoms with E-state index in [4.69, 9.17) is 11.6 Å². The number of nitrogens with zero attached hydrogens (tertiary/aromatic N) is 1. The van der Waals surface area contributed by atoms with E-state index in [1.807, 2.05) is 0 Å². The Morgan fingerprint density at radius 3 is 2.75 bits per heavy atom. The third kappa shape index (κ3) is 2.64. The Kier molecular flexibility index (Phi) is 3.82. The highest BCUT2D eigenvalue weighted by Crippen LogP contribution is 2.40. The standard InChI is InChI=1S/C16H11ClN2O5/c17-10-4-5-13-12(7-10)16(22,15(21)18-13)8-14(20)9-2-1-3-11(6-9)19(23)24/h1-7,22H,8H2,(H,18,21)/t16-/m1/s1. The smallest absolute Gasteiger partial charge is 0.270 e. The third-order valence-electron chi connectivity index (χ3n) is 3.85. The molecule has 0 aliphatic carbocycles. The molecule has 0 radical (unpaired) electrons. The Bertz CT molecular complexity index is 883. The second-order valence-electron chi connectivity index (χ2n) is 5.41. The van der Waals surface area contributed by atoms with Crippen LogP contribution in [0.1, 0.15) is 22.3 Å². The van der Waals surface area contributed by atoms with Crippen LogP contribution < -0.4 is 5.32 Å². The maximum Gasteiger partial charge on any atom is 0.270 e. The summed E-state index contributed by atoms with van der Waals surface area (Å²) in [7, 11) is 0. The van der Waals surface area contributed by atoms with E-state index in [2.05, 4.69) is 5.32 Å². The van der Waals surface area contributed by atoms with Crippen LogP contribution in [0.15, 0.2) is 42.5 Å². The molecule has 0 saturated carbocycles. The molecule has 1 heterocycles. The zero-order valence-electron chi connectivity index (χ0n) is 12.2. The molecule has 1 aliphatic heterocycles. The molecule has 2 N–H and O–H groups in total. The van der Waals surface area contributed by atoms with Crippen LogP contribution in [0.3, 0.4) is 0 Å². The number of carbonyl (C=O) groups excluding carboxylic acids is 2. The molecule has 0 spiro atoms. The molecule has 1 atom stereocenters. The van der Waals surface area contributed by atoms with Crippen molar-refractivity contribution in [1.29, 1.82) is 0 Å². The topological polar surface area (TPSA) is 110 Å². The molecule has 24 heavy (non-hydrogen) atoms. The van der Waals surface area contributed by atoms with E-state index in [9.17, 15) is 24.8 Å². The van der Waals surface area contributed by atoms with Crippen LogP contribution in [0.4, 0.5) is 11.4 Å². The second-order valence-corrected chi connectivity index (χ2v) is 5.85. The Balaban J connectivity index is 1.95. The van der Waals surface area contributed by atoms with Gasteiger partial charge in [0.05, 0.1) is 11.3 Å². The van der Waals surface area contributed by atoms with Crippen molar-refractivity contribution in [1.82, 2.24) is 0 Å². The number of aliphatic hydroxyl groups is 1. The second kappa shape index (κ2) is 5.70. The van der Waals surface area contributed by atoms with Crippen molar-refractivity contribution in [3.8, 4) is 0 Å². The predicted octanol–water partition coefficient (Wildman–Crippen LogP) is 2.66. The molecule has 1 aliphatic rings. The third-order valence-corrected chi connectivity index (χ3v) is 4.08. The molecule has 2 aromatic rings. The maximum atomic E-state index is 12.4. The first-order chi connectivity index (χ1) is 11.3. The van der Waals surface area contributed by atoms with Gasteiger partial charge in [0.25, 0.3) is 11.6 Å². The molecule has 122 valence electrons. The lowest BCUT2D eigenvalue weighted by atomic mass is 9.88. The first-order valence-corrected chi connectivity index (χ1v) is 7.30. The van der Waals surface area contributed by atoms with Crippen molar-refractivity contribution in [3.63, 3.8) is 0 Å². The summed E-state index contributed by atoms with van der Waals surface area (Å²) < 4.78 is 0. The number of halogens is 1. The Morgan fingerprint density at radius 1 is 1.29 bits per heavy atom. The lowest BCUT2D eigenvalue weighted by molar-refractivity contribution is -0.384. The minimum absolute atomic E-state index is 0.0425. The summed E-state index contributed by atoms with van der Waals surface area (Å²) in [4.78, 5) is 34.7. The zero-order chi connectivity index (χ0) is 17.5.